The van der Waals surface area contributed by atoms with Crippen molar-refractivity contribution in [2.24, 2.45) is 0 Å². The molecule has 1 saturated heterocycles. The molecule has 1 atom stereocenters. The van der Waals surface area contributed by atoms with E-state index in [4.69, 9.17) is 4.74 Å². The molecule has 4 nitrogen and oxygen atoms in total. The summed E-state index contributed by atoms with van der Waals surface area (Å²) in [7, 11) is -1.21. The summed E-state index contributed by atoms with van der Waals surface area (Å²) in [5.74, 6) is 5.09. The third-order valence-corrected chi connectivity index (χ3v) is 3.71. The van der Waals surface area contributed by atoms with Crippen LogP contribution in [0.1, 0.15) is 27.7 Å². The van der Waals surface area contributed by atoms with Crippen molar-refractivity contribution in [1.29, 1.82) is 0 Å². The number of rotatable bonds is 2. The zero-order valence-corrected chi connectivity index (χ0v) is 10.9. The number of ether oxygens (including phenoxy) is 1. The number of hydrogen-bond donors (Lipinski definition) is 1. The lowest BCUT2D eigenvalue weighted by molar-refractivity contribution is -0.111. The van der Waals surface area contributed by atoms with Crippen LogP contribution in [0.15, 0.2) is 0 Å². The van der Waals surface area contributed by atoms with E-state index in [-0.39, 0.29) is 10.5 Å². The third kappa shape index (κ3) is 3.41. The van der Waals surface area contributed by atoms with E-state index in [1.807, 2.05) is 20.8 Å². The van der Waals surface area contributed by atoms with Gasteiger partial charge in [0.15, 0.2) is 0 Å². The monoisotopic (exact) mass is 243 g/mol. The first-order valence-electron chi connectivity index (χ1n) is 5.06. The van der Waals surface area contributed by atoms with E-state index >= 15 is 0 Å². The Morgan fingerprint density at radius 3 is 2.31 bits per heavy atom. The molecule has 0 bridgehead atoms. The standard InChI is InChI=1S/C11H17NO3S/c1-9(13)5-6-11(7-15-8-11)12-16(14)10(2,3)4/h12H,7-8H2,1-4H3. The topological polar surface area (TPSA) is 55.4 Å². The van der Waals surface area contributed by atoms with Crippen LogP contribution in [0.3, 0.4) is 0 Å². The average Bonchev–Trinajstić information content (AvgIpc) is 2.07. The molecular formula is C11H17NO3S. The Bertz CT molecular complexity index is 369. The quantitative estimate of drug-likeness (QED) is 0.564. The van der Waals surface area contributed by atoms with Crippen molar-refractivity contribution in [1.82, 2.24) is 4.72 Å². The van der Waals surface area contributed by atoms with E-state index in [0.717, 1.165) is 0 Å². The van der Waals surface area contributed by atoms with Crippen LogP contribution in [0.25, 0.3) is 0 Å². The fourth-order valence-corrected chi connectivity index (χ4v) is 1.83. The van der Waals surface area contributed by atoms with Crippen LogP contribution in [-0.2, 0) is 20.5 Å². The van der Waals surface area contributed by atoms with E-state index < -0.39 is 16.5 Å². The van der Waals surface area contributed by atoms with Gasteiger partial charge >= 0.3 is 0 Å². The molecule has 1 rings (SSSR count). The first-order valence-corrected chi connectivity index (χ1v) is 6.21. The Balaban J connectivity index is 2.74. The minimum absolute atomic E-state index is 0.199. The Morgan fingerprint density at radius 2 is 2.00 bits per heavy atom. The van der Waals surface area contributed by atoms with Crippen LogP contribution in [-0.4, -0.2) is 33.5 Å². The molecule has 1 heterocycles. The SMILES string of the molecule is CC(=O)C#CC1(NS(=O)C(C)(C)C)COC1. The number of hydrogen-bond acceptors (Lipinski definition) is 3. The van der Waals surface area contributed by atoms with Crippen molar-refractivity contribution >= 4 is 16.8 Å². The highest BCUT2D eigenvalue weighted by Gasteiger charge is 2.40. The minimum atomic E-state index is -1.21. The molecule has 1 aliphatic rings. The van der Waals surface area contributed by atoms with Gasteiger partial charge in [-0.3, -0.25) is 4.79 Å². The van der Waals surface area contributed by atoms with E-state index in [9.17, 15) is 9.00 Å². The van der Waals surface area contributed by atoms with Gasteiger partial charge in [-0.05, 0) is 26.7 Å². The van der Waals surface area contributed by atoms with Gasteiger partial charge in [-0.2, -0.15) is 0 Å². The molecule has 0 aromatic rings. The molecule has 1 fully saturated rings. The Kier molecular flexibility index (Phi) is 3.89. The van der Waals surface area contributed by atoms with Gasteiger partial charge in [-0.15, -0.1) is 0 Å². The number of carbonyl (C=O) groups is 1. The molecule has 1 N–H and O–H groups in total. The summed E-state index contributed by atoms with van der Waals surface area (Å²) in [6, 6.07) is 0. The number of carbonyl (C=O) groups excluding carboxylic acids is 1. The van der Waals surface area contributed by atoms with Crippen molar-refractivity contribution in [2.45, 2.75) is 38.0 Å². The normalized spacial score (nSPS) is 20.2. The lowest BCUT2D eigenvalue weighted by Gasteiger charge is -2.38. The molecule has 0 aromatic carbocycles. The van der Waals surface area contributed by atoms with Crippen molar-refractivity contribution < 1.29 is 13.7 Å². The molecule has 0 amide bonds. The molecule has 0 aliphatic carbocycles. The van der Waals surface area contributed by atoms with Crippen LogP contribution in [0.4, 0.5) is 0 Å². The molecule has 1 aliphatic heterocycles. The molecule has 0 aromatic heterocycles. The van der Waals surface area contributed by atoms with Crippen molar-refractivity contribution in [3.63, 3.8) is 0 Å². The second kappa shape index (κ2) is 4.66. The Morgan fingerprint density at radius 1 is 1.44 bits per heavy atom. The van der Waals surface area contributed by atoms with Gasteiger partial charge < -0.3 is 4.74 Å². The maximum Gasteiger partial charge on any atom is 0.202 e. The van der Waals surface area contributed by atoms with Gasteiger partial charge in [0.05, 0.1) is 28.9 Å². The summed E-state index contributed by atoms with van der Waals surface area (Å²) >= 11 is 0. The second-order valence-corrected chi connectivity index (χ2v) is 6.83. The molecule has 16 heavy (non-hydrogen) atoms. The minimum Gasteiger partial charge on any atom is -0.375 e. The van der Waals surface area contributed by atoms with Gasteiger partial charge in [-0.1, -0.05) is 5.92 Å². The molecule has 0 radical (unpaired) electrons. The van der Waals surface area contributed by atoms with Crippen molar-refractivity contribution in [2.75, 3.05) is 13.2 Å². The van der Waals surface area contributed by atoms with E-state index in [1.165, 1.54) is 6.92 Å². The Labute approximate surface area is 98.7 Å². The van der Waals surface area contributed by atoms with Gasteiger partial charge in [-0.25, -0.2) is 8.93 Å². The summed E-state index contributed by atoms with van der Waals surface area (Å²) < 4.78 is 19.6. The smallest absolute Gasteiger partial charge is 0.202 e. The number of Topliss-reactive ketones (excluding diaryl/α,β-unsaturated/α-hetero) is 1. The second-order valence-electron chi connectivity index (χ2n) is 4.86. The average molecular weight is 243 g/mol. The van der Waals surface area contributed by atoms with Crippen molar-refractivity contribution in [3.8, 4) is 11.8 Å². The number of ketones is 1. The fraction of sp³-hybridized carbons (Fsp3) is 0.727. The first kappa shape index (κ1) is 13.4. The molecule has 0 saturated carbocycles. The van der Waals surface area contributed by atoms with E-state index in [2.05, 4.69) is 16.6 Å². The maximum atomic E-state index is 11.9. The van der Waals surface area contributed by atoms with Crippen LogP contribution >= 0.6 is 0 Å². The predicted octanol–water partition coefficient (Wildman–Crippen LogP) is 0.400. The number of nitrogens with one attached hydrogen (secondary N) is 1. The predicted molar refractivity (Wildman–Crippen MR) is 63.0 cm³/mol. The fourth-order valence-electron chi connectivity index (χ4n) is 1.00. The summed E-state index contributed by atoms with van der Waals surface area (Å²) in [4.78, 5) is 10.8. The van der Waals surface area contributed by atoms with Gasteiger partial charge in [0.25, 0.3) is 0 Å². The van der Waals surface area contributed by atoms with Crippen LogP contribution in [0.2, 0.25) is 0 Å². The zero-order valence-electron chi connectivity index (χ0n) is 10.0. The zero-order chi connectivity index (χ0) is 12.4. The molecule has 5 heteroatoms. The van der Waals surface area contributed by atoms with Crippen LogP contribution < -0.4 is 4.72 Å². The van der Waals surface area contributed by atoms with Crippen LogP contribution in [0, 0.1) is 11.8 Å². The van der Waals surface area contributed by atoms with Crippen molar-refractivity contribution in [3.05, 3.63) is 0 Å². The molecular weight excluding hydrogens is 226 g/mol. The summed E-state index contributed by atoms with van der Waals surface area (Å²) in [5, 5.41) is 0. The summed E-state index contributed by atoms with van der Waals surface area (Å²) in [6.07, 6.45) is 0. The molecule has 1 unspecified atom stereocenters. The summed E-state index contributed by atoms with van der Waals surface area (Å²) in [5.41, 5.74) is -0.621. The van der Waals surface area contributed by atoms with Gasteiger partial charge in [0.2, 0.25) is 5.78 Å². The van der Waals surface area contributed by atoms with E-state index in [1.54, 1.807) is 0 Å². The first-order chi connectivity index (χ1) is 7.25. The molecule has 90 valence electrons. The lowest BCUT2D eigenvalue weighted by Crippen LogP contribution is -2.61. The lowest BCUT2D eigenvalue weighted by atomic mass is 10.00. The van der Waals surface area contributed by atoms with Crippen LogP contribution in [0.5, 0.6) is 0 Å². The highest BCUT2D eigenvalue weighted by atomic mass is 32.2. The van der Waals surface area contributed by atoms with Gasteiger partial charge in [0.1, 0.15) is 5.54 Å². The maximum absolute atomic E-state index is 11.9. The highest BCUT2D eigenvalue weighted by Crippen LogP contribution is 2.20. The highest BCUT2D eigenvalue weighted by molar-refractivity contribution is 7.84. The Hall–Kier alpha value is -0.700. The third-order valence-electron chi connectivity index (χ3n) is 2.02. The molecule has 0 spiro atoms. The largest absolute Gasteiger partial charge is 0.375 e. The van der Waals surface area contributed by atoms with E-state index in [0.29, 0.717) is 13.2 Å². The summed E-state index contributed by atoms with van der Waals surface area (Å²) in [6.45, 7) is 7.77. The van der Waals surface area contributed by atoms with Gasteiger partial charge in [0, 0.05) is 6.92 Å².